The number of aromatic nitrogens is 6. The minimum absolute atomic E-state index is 0.682. The van der Waals surface area contributed by atoms with E-state index in [1.807, 2.05) is 36.5 Å². The lowest BCUT2D eigenvalue weighted by Gasteiger charge is -2.02. The van der Waals surface area contributed by atoms with Gasteiger partial charge in [-0.15, -0.1) is 5.10 Å². The van der Waals surface area contributed by atoms with E-state index in [2.05, 4.69) is 25.8 Å². The van der Waals surface area contributed by atoms with Crippen molar-refractivity contribution in [3.63, 3.8) is 0 Å². The summed E-state index contributed by atoms with van der Waals surface area (Å²) in [5.41, 5.74) is 1.87. The Morgan fingerprint density at radius 3 is 2.85 bits per heavy atom. The van der Waals surface area contributed by atoms with Crippen LogP contribution in [-0.4, -0.2) is 36.5 Å². The molecule has 2 aromatic heterocycles. The second kappa shape index (κ2) is 6.07. The Labute approximate surface area is 116 Å². The van der Waals surface area contributed by atoms with Gasteiger partial charge in [0.05, 0.1) is 30.3 Å². The Bertz CT molecular complexity index is 630. The summed E-state index contributed by atoms with van der Waals surface area (Å²) >= 11 is 0. The zero-order valence-electron chi connectivity index (χ0n) is 10.9. The first-order valence-electron chi connectivity index (χ1n) is 6.43. The zero-order chi connectivity index (χ0) is 13.6. The molecule has 0 fully saturated rings. The highest BCUT2D eigenvalue weighted by molar-refractivity contribution is 5.28. The molecule has 20 heavy (non-hydrogen) atoms. The zero-order valence-corrected chi connectivity index (χ0v) is 10.9. The lowest BCUT2D eigenvalue weighted by atomic mass is 10.3. The SMILES string of the molecule is c1ccc(-n2ncc(CNCCn3ccnn3)n2)cc1. The molecule has 0 spiro atoms. The highest BCUT2D eigenvalue weighted by atomic mass is 15.5. The van der Waals surface area contributed by atoms with Crippen LogP contribution in [0.15, 0.2) is 48.9 Å². The van der Waals surface area contributed by atoms with Gasteiger partial charge in [-0.3, -0.25) is 4.68 Å². The molecule has 0 saturated carbocycles. The van der Waals surface area contributed by atoms with Gasteiger partial charge in [-0.25, -0.2) is 0 Å². The number of hydrogen-bond donors (Lipinski definition) is 1. The summed E-state index contributed by atoms with van der Waals surface area (Å²) < 4.78 is 1.79. The van der Waals surface area contributed by atoms with Gasteiger partial charge < -0.3 is 5.32 Å². The molecule has 0 aliphatic rings. The Morgan fingerprint density at radius 1 is 1.15 bits per heavy atom. The summed E-state index contributed by atoms with van der Waals surface area (Å²) in [4.78, 5) is 1.63. The number of hydrogen-bond acceptors (Lipinski definition) is 5. The summed E-state index contributed by atoms with van der Waals surface area (Å²) in [6.07, 6.45) is 5.29. The van der Waals surface area contributed by atoms with E-state index in [1.165, 1.54) is 0 Å². The van der Waals surface area contributed by atoms with Crippen LogP contribution in [-0.2, 0) is 13.1 Å². The van der Waals surface area contributed by atoms with E-state index >= 15 is 0 Å². The lowest BCUT2D eigenvalue weighted by Crippen LogP contribution is -2.20. The molecule has 0 radical (unpaired) electrons. The van der Waals surface area contributed by atoms with Crippen molar-refractivity contribution in [1.82, 2.24) is 35.3 Å². The Kier molecular flexibility index (Phi) is 3.79. The summed E-state index contributed by atoms with van der Waals surface area (Å²) in [7, 11) is 0. The van der Waals surface area contributed by atoms with E-state index in [9.17, 15) is 0 Å². The van der Waals surface area contributed by atoms with Crippen LogP contribution in [0.1, 0.15) is 5.69 Å². The molecule has 1 N–H and O–H groups in total. The van der Waals surface area contributed by atoms with Crippen molar-refractivity contribution >= 4 is 0 Å². The quantitative estimate of drug-likeness (QED) is 0.665. The van der Waals surface area contributed by atoms with E-state index in [4.69, 9.17) is 0 Å². The van der Waals surface area contributed by atoms with Crippen molar-refractivity contribution in [1.29, 1.82) is 0 Å². The molecule has 2 heterocycles. The average Bonchev–Trinajstić information content (AvgIpc) is 3.16. The van der Waals surface area contributed by atoms with Gasteiger partial charge in [0, 0.05) is 19.3 Å². The summed E-state index contributed by atoms with van der Waals surface area (Å²) in [5.74, 6) is 0. The van der Waals surface area contributed by atoms with Crippen molar-refractivity contribution in [3.05, 3.63) is 54.6 Å². The second-order valence-corrected chi connectivity index (χ2v) is 4.30. The van der Waals surface area contributed by atoms with Crippen LogP contribution in [0.25, 0.3) is 5.69 Å². The van der Waals surface area contributed by atoms with Crippen LogP contribution in [0.4, 0.5) is 0 Å². The normalized spacial score (nSPS) is 10.8. The topological polar surface area (TPSA) is 73.5 Å². The molecule has 0 saturated heterocycles. The number of nitrogens with zero attached hydrogens (tertiary/aromatic N) is 6. The van der Waals surface area contributed by atoms with E-state index in [0.29, 0.717) is 6.54 Å². The molecular formula is C13H15N7. The van der Waals surface area contributed by atoms with E-state index in [-0.39, 0.29) is 0 Å². The van der Waals surface area contributed by atoms with Crippen molar-refractivity contribution in [2.24, 2.45) is 0 Å². The number of para-hydroxylation sites is 1. The van der Waals surface area contributed by atoms with Crippen molar-refractivity contribution in [2.75, 3.05) is 6.54 Å². The van der Waals surface area contributed by atoms with Crippen molar-refractivity contribution in [3.8, 4) is 5.69 Å². The van der Waals surface area contributed by atoms with Crippen LogP contribution in [0.5, 0.6) is 0 Å². The molecule has 0 amide bonds. The molecular weight excluding hydrogens is 254 g/mol. The third-order valence-corrected chi connectivity index (χ3v) is 2.82. The maximum atomic E-state index is 4.42. The Hall–Kier alpha value is -2.54. The molecule has 102 valence electrons. The first-order chi connectivity index (χ1) is 9.92. The predicted octanol–water partition coefficient (Wildman–Crippen LogP) is 0.649. The fourth-order valence-corrected chi connectivity index (χ4v) is 1.82. The van der Waals surface area contributed by atoms with Gasteiger partial charge in [-0.2, -0.15) is 15.0 Å². The van der Waals surface area contributed by atoms with E-state index in [0.717, 1.165) is 24.5 Å². The maximum Gasteiger partial charge on any atom is 0.0969 e. The van der Waals surface area contributed by atoms with Crippen LogP contribution >= 0.6 is 0 Å². The highest BCUT2D eigenvalue weighted by Crippen LogP contribution is 2.03. The number of nitrogens with one attached hydrogen (secondary N) is 1. The van der Waals surface area contributed by atoms with Crippen molar-refractivity contribution < 1.29 is 0 Å². The Morgan fingerprint density at radius 2 is 2.05 bits per heavy atom. The van der Waals surface area contributed by atoms with Gasteiger partial charge in [-0.1, -0.05) is 23.4 Å². The van der Waals surface area contributed by atoms with Crippen LogP contribution in [0.3, 0.4) is 0 Å². The third kappa shape index (κ3) is 3.07. The standard InChI is InChI=1S/C13H15N7/c1-2-4-13(5-3-1)20-16-11-12(17-20)10-14-6-8-19-9-7-15-18-19/h1-5,7,9,11,14H,6,8,10H2. The van der Waals surface area contributed by atoms with Gasteiger partial charge >= 0.3 is 0 Å². The molecule has 0 unspecified atom stereocenters. The number of rotatable bonds is 6. The molecule has 7 heteroatoms. The Balaban J connectivity index is 1.50. The average molecular weight is 269 g/mol. The van der Waals surface area contributed by atoms with Crippen LogP contribution < -0.4 is 5.32 Å². The molecule has 0 bridgehead atoms. The lowest BCUT2D eigenvalue weighted by molar-refractivity contribution is 0.536. The first kappa shape index (κ1) is 12.5. The minimum Gasteiger partial charge on any atom is -0.309 e. The summed E-state index contributed by atoms with van der Waals surface area (Å²) in [5, 5.41) is 19.6. The van der Waals surface area contributed by atoms with E-state index in [1.54, 1.807) is 21.9 Å². The van der Waals surface area contributed by atoms with Gasteiger partial charge in [-0.05, 0) is 12.1 Å². The maximum absolute atomic E-state index is 4.42. The number of benzene rings is 1. The monoisotopic (exact) mass is 269 g/mol. The third-order valence-electron chi connectivity index (χ3n) is 2.82. The van der Waals surface area contributed by atoms with E-state index < -0.39 is 0 Å². The molecule has 0 aliphatic carbocycles. The minimum atomic E-state index is 0.682. The fraction of sp³-hybridized carbons (Fsp3) is 0.231. The molecule has 1 aromatic carbocycles. The van der Waals surface area contributed by atoms with Crippen LogP contribution in [0, 0.1) is 0 Å². The predicted molar refractivity (Wildman–Crippen MR) is 73.1 cm³/mol. The fourth-order valence-electron chi connectivity index (χ4n) is 1.82. The smallest absolute Gasteiger partial charge is 0.0969 e. The first-order valence-corrected chi connectivity index (χ1v) is 6.43. The van der Waals surface area contributed by atoms with Gasteiger partial charge in [0.1, 0.15) is 0 Å². The molecule has 0 aliphatic heterocycles. The highest BCUT2D eigenvalue weighted by Gasteiger charge is 2.02. The summed E-state index contributed by atoms with van der Waals surface area (Å²) in [6, 6.07) is 9.85. The van der Waals surface area contributed by atoms with Crippen LogP contribution in [0.2, 0.25) is 0 Å². The van der Waals surface area contributed by atoms with Gasteiger partial charge in [0.25, 0.3) is 0 Å². The molecule has 3 aromatic rings. The largest absolute Gasteiger partial charge is 0.309 e. The molecule has 3 rings (SSSR count). The van der Waals surface area contributed by atoms with Crippen molar-refractivity contribution in [2.45, 2.75) is 13.1 Å². The second-order valence-electron chi connectivity index (χ2n) is 4.30. The molecule has 7 nitrogen and oxygen atoms in total. The summed E-state index contributed by atoms with van der Waals surface area (Å²) in [6.45, 7) is 2.27. The molecule has 0 atom stereocenters. The van der Waals surface area contributed by atoms with Gasteiger partial charge in [0.2, 0.25) is 0 Å². The van der Waals surface area contributed by atoms with Gasteiger partial charge in [0.15, 0.2) is 0 Å².